The molecule has 216 valence electrons. The van der Waals surface area contributed by atoms with Gasteiger partial charge < -0.3 is 5.11 Å². The number of carboxylic acids is 1. The molecule has 0 aliphatic carbocycles. The van der Waals surface area contributed by atoms with Crippen LogP contribution < -0.4 is 0 Å². The molecule has 0 aliphatic heterocycles. The average Bonchev–Trinajstić information content (AvgIpc) is 3.04. The summed E-state index contributed by atoms with van der Waals surface area (Å²) in [6.45, 7) is 0. The van der Waals surface area contributed by atoms with E-state index in [0.29, 0.717) is 0 Å². The third-order valence-corrected chi connectivity index (χ3v) is 9.58. The Hall–Kier alpha value is -3.81. The van der Waals surface area contributed by atoms with Crippen LogP contribution in [0.25, 0.3) is 22.3 Å². The lowest BCUT2D eigenvalue weighted by atomic mass is 9.64. The number of carboxylic acid groups (broad SMARTS) is 1. The van der Waals surface area contributed by atoms with Crippen molar-refractivity contribution in [1.82, 2.24) is 0 Å². The molecule has 0 radical (unpaired) electrons. The molecule has 1 N–H and O–H groups in total. The van der Waals surface area contributed by atoms with E-state index >= 15 is 0 Å². The minimum atomic E-state index is -0.971. The summed E-state index contributed by atoms with van der Waals surface area (Å²) in [6, 6.07) is 46.0. The first-order valence-electron chi connectivity index (χ1n) is 13.9. The zero-order chi connectivity index (χ0) is 30.8. The second kappa shape index (κ2) is 12.7. The molecule has 0 aliphatic rings. The van der Waals surface area contributed by atoms with Crippen molar-refractivity contribution in [2.24, 2.45) is 0 Å². The number of rotatable bonds is 7. The monoisotopic (exact) mass is 644 g/mol. The molecule has 0 saturated carbocycles. The molecule has 0 unspecified atom stereocenters. The van der Waals surface area contributed by atoms with Crippen LogP contribution in [0.2, 0.25) is 0 Å². The van der Waals surface area contributed by atoms with Crippen LogP contribution in [0, 0.1) is 0 Å². The van der Waals surface area contributed by atoms with Crippen LogP contribution in [-0.2, 0) is 5.41 Å². The highest BCUT2D eigenvalue weighted by Crippen LogP contribution is 2.48. The molecule has 0 spiro atoms. The summed E-state index contributed by atoms with van der Waals surface area (Å²) in [5, 5.41) is 9.74. The standard InChI is InChI=1S/C38H28O2S4/c39-37(40)24-14-16-26(17-15-24)38(25-8-2-1-3-9-25,27-18-20-35(43)31(22-27)29-10-4-6-12-33(29)41)28-19-21-36(44)32(23-28)30-11-5-7-13-34(30)42/h1-23,41-44H,(H,39,40). The normalized spacial score (nSPS) is 11.4. The van der Waals surface area contributed by atoms with E-state index in [1.165, 1.54) is 0 Å². The van der Waals surface area contributed by atoms with Gasteiger partial charge in [0.25, 0.3) is 0 Å². The second-order valence-electron chi connectivity index (χ2n) is 10.5. The molecule has 0 bridgehead atoms. The van der Waals surface area contributed by atoms with Crippen LogP contribution >= 0.6 is 50.5 Å². The van der Waals surface area contributed by atoms with Gasteiger partial charge in [-0.3, -0.25) is 0 Å². The van der Waals surface area contributed by atoms with Gasteiger partial charge in [-0.2, -0.15) is 0 Å². The fourth-order valence-corrected chi connectivity index (χ4v) is 7.00. The molecule has 0 atom stereocenters. The van der Waals surface area contributed by atoms with Gasteiger partial charge in [-0.15, -0.1) is 50.5 Å². The maximum absolute atomic E-state index is 11.9. The van der Waals surface area contributed by atoms with E-state index in [0.717, 1.165) is 64.1 Å². The van der Waals surface area contributed by atoms with Gasteiger partial charge in [0.05, 0.1) is 11.0 Å². The van der Waals surface area contributed by atoms with Gasteiger partial charge >= 0.3 is 5.97 Å². The Kier molecular flexibility index (Phi) is 8.70. The summed E-state index contributed by atoms with van der Waals surface area (Å²) in [7, 11) is 0. The molecule has 6 rings (SSSR count). The molecule has 0 heterocycles. The van der Waals surface area contributed by atoms with Crippen molar-refractivity contribution in [3.05, 3.63) is 167 Å². The molecular weight excluding hydrogens is 617 g/mol. The quantitative estimate of drug-likeness (QED) is 0.0886. The predicted octanol–water partition coefficient (Wildman–Crippen LogP) is 10.3. The van der Waals surface area contributed by atoms with Crippen molar-refractivity contribution in [3.63, 3.8) is 0 Å². The molecule has 44 heavy (non-hydrogen) atoms. The van der Waals surface area contributed by atoms with E-state index in [1.807, 2.05) is 91.0 Å². The Morgan fingerprint density at radius 1 is 0.432 bits per heavy atom. The third kappa shape index (κ3) is 5.48. The number of carbonyl (C=O) groups is 1. The fraction of sp³-hybridized carbons (Fsp3) is 0.0263. The van der Waals surface area contributed by atoms with Crippen LogP contribution in [-0.4, -0.2) is 11.1 Å². The lowest BCUT2D eigenvalue weighted by molar-refractivity contribution is 0.0697. The van der Waals surface area contributed by atoms with Crippen molar-refractivity contribution in [2.45, 2.75) is 25.0 Å². The number of hydrogen-bond acceptors (Lipinski definition) is 5. The summed E-state index contributed by atoms with van der Waals surface area (Å²) < 4.78 is 0. The zero-order valence-electron chi connectivity index (χ0n) is 23.4. The summed E-state index contributed by atoms with van der Waals surface area (Å²) in [6.07, 6.45) is 0. The smallest absolute Gasteiger partial charge is 0.335 e. The molecular formula is C38H28O2S4. The molecule has 6 aromatic carbocycles. The van der Waals surface area contributed by atoms with Crippen molar-refractivity contribution in [1.29, 1.82) is 0 Å². The Morgan fingerprint density at radius 2 is 0.818 bits per heavy atom. The third-order valence-electron chi connectivity index (χ3n) is 8.02. The summed E-state index contributed by atoms with van der Waals surface area (Å²) >= 11 is 19.3. The lowest BCUT2D eigenvalue weighted by Crippen LogP contribution is -2.31. The molecule has 0 saturated heterocycles. The summed E-state index contributed by atoms with van der Waals surface area (Å²) in [5.74, 6) is -0.971. The van der Waals surface area contributed by atoms with Crippen LogP contribution in [0.1, 0.15) is 32.6 Å². The molecule has 0 amide bonds. The van der Waals surface area contributed by atoms with Crippen LogP contribution in [0.3, 0.4) is 0 Å². The maximum Gasteiger partial charge on any atom is 0.335 e. The Labute approximate surface area is 279 Å². The predicted molar refractivity (Wildman–Crippen MR) is 192 cm³/mol. The highest BCUT2D eigenvalue weighted by molar-refractivity contribution is 7.81. The lowest BCUT2D eigenvalue weighted by Gasteiger charge is -2.38. The molecule has 6 heteroatoms. The first kappa shape index (κ1) is 30.2. The van der Waals surface area contributed by atoms with Crippen molar-refractivity contribution >= 4 is 56.5 Å². The molecule has 2 nitrogen and oxygen atoms in total. The van der Waals surface area contributed by atoms with Crippen LogP contribution in [0.4, 0.5) is 0 Å². The minimum Gasteiger partial charge on any atom is -0.478 e. The van der Waals surface area contributed by atoms with Gasteiger partial charge in [-0.1, -0.05) is 91.0 Å². The maximum atomic E-state index is 11.9. The topological polar surface area (TPSA) is 37.3 Å². The van der Waals surface area contributed by atoms with Crippen LogP contribution in [0.15, 0.2) is 159 Å². The SMILES string of the molecule is O=C(O)c1ccc(C(c2ccccc2)(c2ccc(S)c(-c3ccccc3S)c2)c2ccc(S)c(-c3ccccc3S)c2)cc1. The van der Waals surface area contributed by atoms with Gasteiger partial charge in [0.2, 0.25) is 0 Å². The van der Waals surface area contributed by atoms with E-state index in [4.69, 9.17) is 50.5 Å². The highest BCUT2D eigenvalue weighted by atomic mass is 32.1. The van der Waals surface area contributed by atoms with Gasteiger partial charge in [-0.25, -0.2) is 4.79 Å². The summed E-state index contributed by atoms with van der Waals surface area (Å²) in [5.41, 5.74) is 7.16. The van der Waals surface area contributed by atoms with Gasteiger partial charge in [0.15, 0.2) is 0 Å². The number of aromatic carboxylic acids is 1. The van der Waals surface area contributed by atoms with E-state index in [1.54, 1.807) is 12.1 Å². The fourth-order valence-electron chi connectivity index (χ4n) is 5.92. The second-order valence-corrected chi connectivity index (χ2v) is 12.4. The van der Waals surface area contributed by atoms with Crippen LogP contribution in [0.5, 0.6) is 0 Å². The van der Waals surface area contributed by atoms with Gasteiger partial charge in [0, 0.05) is 19.6 Å². The first-order chi connectivity index (χ1) is 21.3. The Morgan fingerprint density at radius 3 is 1.27 bits per heavy atom. The summed E-state index contributed by atoms with van der Waals surface area (Å²) in [4.78, 5) is 15.2. The molecule has 0 aromatic heterocycles. The van der Waals surface area contributed by atoms with Crippen molar-refractivity contribution in [2.75, 3.05) is 0 Å². The van der Waals surface area contributed by atoms with Gasteiger partial charge in [0.1, 0.15) is 0 Å². The largest absolute Gasteiger partial charge is 0.478 e. The average molecular weight is 645 g/mol. The number of thiol groups is 4. The molecule has 6 aromatic rings. The number of hydrogen-bond donors (Lipinski definition) is 5. The van der Waals surface area contributed by atoms with Crippen molar-refractivity contribution in [3.8, 4) is 22.3 Å². The minimum absolute atomic E-state index is 0.224. The van der Waals surface area contributed by atoms with E-state index in [2.05, 4.69) is 36.4 Å². The van der Waals surface area contributed by atoms with E-state index in [9.17, 15) is 9.90 Å². The zero-order valence-corrected chi connectivity index (χ0v) is 27.0. The number of benzene rings is 6. The molecule has 0 fully saturated rings. The Bertz CT molecular complexity index is 1890. The van der Waals surface area contributed by atoms with Crippen molar-refractivity contribution < 1.29 is 9.90 Å². The Balaban J connectivity index is 1.74. The van der Waals surface area contributed by atoms with E-state index < -0.39 is 11.4 Å². The van der Waals surface area contributed by atoms with Gasteiger partial charge in [-0.05, 0) is 93.0 Å². The highest BCUT2D eigenvalue weighted by Gasteiger charge is 2.39. The first-order valence-corrected chi connectivity index (χ1v) is 15.7. The van der Waals surface area contributed by atoms with E-state index in [-0.39, 0.29) is 5.56 Å².